The molecule has 2 heterocycles. The fourth-order valence-electron chi connectivity index (χ4n) is 4.94. The second-order valence-electron chi connectivity index (χ2n) is 8.58. The summed E-state index contributed by atoms with van der Waals surface area (Å²) in [6.07, 6.45) is -4.50. The van der Waals surface area contributed by atoms with E-state index in [1.165, 1.54) is 16.7 Å². The van der Waals surface area contributed by atoms with Crippen LogP contribution in [0.25, 0.3) is 27.5 Å². The Labute approximate surface area is 200 Å². The summed E-state index contributed by atoms with van der Waals surface area (Å²) in [6.45, 7) is 6.27. The van der Waals surface area contributed by atoms with Crippen LogP contribution < -0.4 is 5.32 Å². The van der Waals surface area contributed by atoms with Crippen molar-refractivity contribution in [2.24, 2.45) is 0 Å². The van der Waals surface area contributed by atoms with Gasteiger partial charge in [-0.05, 0) is 63.2 Å². The molecule has 178 valence electrons. The highest BCUT2D eigenvalue weighted by Gasteiger charge is 2.34. The van der Waals surface area contributed by atoms with Crippen LogP contribution in [-0.2, 0) is 12.7 Å². The molecule has 7 heteroatoms. The van der Waals surface area contributed by atoms with Gasteiger partial charge in [0.2, 0.25) is 0 Å². The van der Waals surface area contributed by atoms with Crippen molar-refractivity contribution >= 4 is 33.4 Å². The smallest absolute Gasteiger partial charge is 0.341 e. The number of alkyl halides is 3. The van der Waals surface area contributed by atoms with Crippen molar-refractivity contribution in [1.82, 2.24) is 9.13 Å². The molecule has 2 aromatic heterocycles. The zero-order valence-corrected chi connectivity index (χ0v) is 19.6. The van der Waals surface area contributed by atoms with E-state index in [0.717, 1.165) is 34.4 Å². The van der Waals surface area contributed by atoms with E-state index < -0.39 is 11.7 Å². The number of aryl methyl sites for hydroxylation is 2. The third kappa shape index (κ3) is 3.77. The van der Waals surface area contributed by atoms with Gasteiger partial charge in [-0.1, -0.05) is 30.3 Å². The molecule has 0 aliphatic heterocycles. The van der Waals surface area contributed by atoms with Gasteiger partial charge in [-0.25, -0.2) is 0 Å². The van der Waals surface area contributed by atoms with Crippen molar-refractivity contribution in [1.29, 1.82) is 0 Å². The molecule has 1 N–H and O–H groups in total. The lowest BCUT2D eigenvalue weighted by atomic mass is 10.1. The standard InChI is InChI=1S/C28H24F3N3O/c1-4-33-24-11-7-5-9-20(24)22-16-19(13-14-25(22)33)32-27(35)21-15-17(2)34(18(21)3)26-12-8-6-10-23(26)28(29,30)31/h5-16H,4H2,1-3H3,(H,32,35). The highest BCUT2D eigenvalue weighted by Crippen LogP contribution is 2.36. The minimum absolute atomic E-state index is 0.00263. The van der Waals surface area contributed by atoms with E-state index in [2.05, 4.69) is 28.9 Å². The Kier molecular flexibility index (Phi) is 5.43. The summed E-state index contributed by atoms with van der Waals surface area (Å²) in [6, 6.07) is 20.9. The van der Waals surface area contributed by atoms with Gasteiger partial charge < -0.3 is 14.5 Å². The van der Waals surface area contributed by atoms with E-state index in [-0.39, 0.29) is 11.6 Å². The van der Waals surface area contributed by atoms with Crippen LogP contribution >= 0.6 is 0 Å². The summed E-state index contributed by atoms with van der Waals surface area (Å²) in [5.74, 6) is -0.368. The lowest BCUT2D eigenvalue weighted by Crippen LogP contribution is -2.15. The second-order valence-corrected chi connectivity index (χ2v) is 8.58. The number of benzene rings is 3. The first-order valence-corrected chi connectivity index (χ1v) is 11.4. The summed E-state index contributed by atoms with van der Waals surface area (Å²) in [5, 5.41) is 5.07. The summed E-state index contributed by atoms with van der Waals surface area (Å²) < 4.78 is 44.6. The molecule has 0 radical (unpaired) electrons. The molecule has 0 unspecified atom stereocenters. The molecule has 0 spiro atoms. The number of halogens is 3. The number of nitrogens with zero attached hydrogens (tertiary/aromatic N) is 2. The van der Waals surface area contributed by atoms with E-state index in [9.17, 15) is 18.0 Å². The second kappa shape index (κ2) is 8.34. The van der Waals surface area contributed by atoms with Crippen LogP contribution in [0.15, 0.2) is 72.8 Å². The molecule has 5 aromatic rings. The Morgan fingerprint density at radius 1 is 0.886 bits per heavy atom. The van der Waals surface area contributed by atoms with E-state index in [1.54, 1.807) is 26.0 Å². The first kappa shape index (κ1) is 22.8. The first-order valence-electron chi connectivity index (χ1n) is 11.4. The molecule has 1 amide bonds. The van der Waals surface area contributed by atoms with Crippen LogP contribution in [0.5, 0.6) is 0 Å². The number of anilines is 1. The molecular formula is C28H24F3N3O. The summed E-state index contributed by atoms with van der Waals surface area (Å²) in [5.41, 5.74) is 3.41. The zero-order valence-electron chi connectivity index (χ0n) is 19.6. The van der Waals surface area contributed by atoms with Gasteiger partial charge >= 0.3 is 6.18 Å². The Morgan fingerprint density at radius 2 is 1.57 bits per heavy atom. The van der Waals surface area contributed by atoms with Crippen molar-refractivity contribution in [2.45, 2.75) is 33.5 Å². The fraction of sp³-hybridized carbons (Fsp3) is 0.179. The molecule has 0 bridgehead atoms. The predicted octanol–water partition coefficient (Wildman–Crippen LogP) is 7.49. The maximum Gasteiger partial charge on any atom is 0.418 e. The number of hydrogen-bond acceptors (Lipinski definition) is 1. The van der Waals surface area contributed by atoms with E-state index in [0.29, 0.717) is 22.6 Å². The Balaban J connectivity index is 1.53. The van der Waals surface area contributed by atoms with Gasteiger partial charge in [-0.3, -0.25) is 4.79 Å². The molecule has 0 atom stereocenters. The van der Waals surface area contributed by atoms with Crippen LogP contribution in [0.4, 0.5) is 18.9 Å². The monoisotopic (exact) mass is 475 g/mol. The van der Waals surface area contributed by atoms with Gasteiger partial charge in [0.25, 0.3) is 5.91 Å². The molecule has 0 saturated heterocycles. The largest absolute Gasteiger partial charge is 0.418 e. The third-order valence-electron chi connectivity index (χ3n) is 6.47. The average molecular weight is 476 g/mol. The molecule has 5 rings (SSSR count). The highest BCUT2D eigenvalue weighted by molar-refractivity contribution is 6.11. The van der Waals surface area contributed by atoms with E-state index in [4.69, 9.17) is 0 Å². The third-order valence-corrected chi connectivity index (χ3v) is 6.47. The van der Waals surface area contributed by atoms with Gasteiger partial charge in [0.1, 0.15) is 0 Å². The number of aromatic nitrogens is 2. The van der Waals surface area contributed by atoms with Crippen LogP contribution in [0.1, 0.15) is 34.2 Å². The molecule has 35 heavy (non-hydrogen) atoms. The minimum atomic E-state index is -4.50. The van der Waals surface area contributed by atoms with Crippen molar-refractivity contribution < 1.29 is 18.0 Å². The molecule has 3 aromatic carbocycles. The number of carbonyl (C=O) groups excluding carboxylic acids is 1. The summed E-state index contributed by atoms with van der Waals surface area (Å²) in [7, 11) is 0. The number of nitrogens with one attached hydrogen (secondary N) is 1. The Hall–Kier alpha value is -4.00. The molecule has 0 fully saturated rings. The van der Waals surface area contributed by atoms with Crippen LogP contribution in [-0.4, -0.2) is 15.0 Å². The normalized spacial score (nSPS) is 11.9. The molecule has 0 aliphatic rings. The number of carbonyl (C=O) groups is 1. The number of rotatable bonds is 4. The SMILES string of the molecule is CCn1c2ccccc2c2cc(NC(=O)c3cc(C)n(-c4ccccc4C(F)(F)F)c3C)ccc21. The number of fused-ring (bicyclic) bond motifs is 3. The topological polar surface area (TPSA) is 39.0 Å². The fourth-order valence-corrected chi connectivity index (χ4v) is 4.94. The van der Waals surface area contributed by atoms with E-state index >= 15 is 0 Å². The Morgan fingerprint density at radius 3 is 2.31 bits per heavy atom. The van der Waals surface area contributed by atoms with Gasteiger partial charge in [0, 0.05) is 45.4 Å². The predicted molar refractivity (Wildman–Crippen MR) is 133 cm³/mol. The van der Waals surface area contributed by atoms with Crippen molar-refractivity contribution in [3.8, 4) is 5.69 Å². The van der Waals surface area contributed by atoms with Gasteiger partial charge in [-0.2, -0.15) is 13.2 Å². The minimum Gasteiger partial charge on any atom is -0.341 e. The maximum atomic E-state index is 13.6. The van der Waals surface area contributed by atoms with Gasteiger partial charge in [-0.15, -0.1) is 0 Å². The molecule has 4 nitrogen and oxygen atoms in total. The summed E-state index contributed by atoms with van der Waals surface area (Å²) >= 11 is 0. The summed E-state index contributed by atoms with van der Waals surface area (Å²) in [4.78, 5) is 13.2. The molecule has 0 aliphatic carbocycles. The lowest BCUT2D eigenvalue weighted by Gasteiger charge is -2.16. The van der Waals surface area contributed by atoms with Crippen LogP contribution in [0.2, 0.25) is 0 Å². The van der Waals surface area contributed by atoms with Crippen LogP contribution in [0, 0.1) is 13.8 Å². The van der Waals surface area contributed by atoms with Gasteiger partial charge in [0.15, 0.2) is 0 Å². The first-order chi connectivity index (χ1) is 16.7. The number of hydrogen-bond donors (Lipinski definition) is 1. The zero-order chi connectivity index (χ0) is 24.9. The number of para-hydroxylation sites is 2. The number of amides is 1. The Bertz CT molecular complexity index is 1590. The lowest BCUT2D eigenvalue weighted by molar-refractivity contribution is -0.137. The van der Waals surface area contributed by atoms with Crippen molar-refractivity contribution in [3.05, 3.63) is 95.3 Å². The maximum absolute atomic E-state index is 13.6. The average Bonchev–Trinajstić information content (AvgIpc) is 3.31. The van der Waals surface area contributed by atoms with E-state index in [1.807, 2.05) is 30.3 Å². The van der Waals surface area contributed by atoms with Crippen molar-refractivity contribution in [3.63, 3.8) is 0 Å². The van der Waals surface area contributed by atoms with Crippen LogP contribution in [0.3, 0.4) is 0 Å². The molecule has 0 saturated carbocycles. The van der Waals surface area contributed by atoms with Crippen molar-refractivity contribution in [2.75, 3.05) is 5.32 Å². The quantitative estimate of drug-likeness (QED) is 0.287. The van der Waals surface area contributed by atoms with Gasteiger partial charge in [0.05, 0.1) is 16.8 Å². The molecular weight excluding hydrogens is 451 g/mol. The highest BCUT2D eigenvalue weighted by atomic mass is 19.4.